The molecule has 0 fully saturated rings. The maximum Gasteiger partial charge on any atom is 0.264 e. The van der Waals surface area contributed by atoms with Crippen LogP contribution in [0.2, 0.25) is 10.0 Å². The molecule has 0 radical (unpaired) electrons. The first-order valence-electron chi connectivity index (χ1n) is 13.4. The summed E-state index contributed by atoms with van der Waals surface area (Å²) in [6.07, 6.45) is 0. The van der Waals surface area contributed by atoms with Crippen LogP contribution in [0, 0.1) is 6.92 Å². The van der Waals surface area contributed by atoms with Gasteiger partial charge in [-0.25, -0.2) is 8.42 Å². The molecule has 7 nitrogen and oxygen atoms in total. The fraction of sp³-hybridized carbons (Fsp3) is 0.355. The number of carbonyl (C=O) groups excluding carboxylic acids is 2. The highest BCUT2D eigenvalue weighted by molar-refractivity contribution is 7.92. The van der Waals surface area contributed by atoms with Gasteiger partial charge in [-0.3, -0.25) is 13.9 Å². The van der Waals surface area contributed by atoms with Gasteiger partial charge in [-0.15, -0.1) is 0 Å². The van der Waals surface area contributed by atoms with E-state index in [0.717, 1.165) is 15.4 Å². The number of aryl methyl sites for hydroxylation is 1. The van der Waals surface area contributed by atoms with E-state index in [2.05, 4.69) is 5.32 Å². The van der Waals surface area contributed by atoms with Crippen molar-refractivity contribution < 1.29 is 18.0 Å². The first-order chi connectivity index (χ1) is 19.2. The molecule has 0 heterocycles. The summed E-state index contributed by atoms with van der Waals surface area (Å²) in [6.45, 7) is 10.5. The fourth-order valence-corrected chi connectivity index (χ4v) is 6.16. The van der Waals surface area contributed by atoms with Gasteiger partial charge in [0, 0.05) is 28.2 Å². The monoisotopic (exact) mass is 617 g/mol. The lowest BCUT2D eigenvalue weighted by molar-refractivity contribution is -0.139. The van der Waals surface area contributed by atoms with E-state index in [4.69, 9.17) is 23.2 Å². The second kappa shape index (κ2) is 13.7. The Morgan fingerprint density at radius 2 is 1.41 bits per heavy atom. The normalized spacial score (nSPS) is 12.3. The molecule has 0 unspecified atom stereocenters. The number of benzene rings is 3. The van der Waals surface area contributed by atoms with Crippen LogP contribution in [0.4, 0.5) is 5.69 Å². The molecule has 0 spiro atoms. The molecule has 0 bridgehead atoms. The number of hydrogen-bond acceptors (Lipinski definition) is 4. The van der Waals surface area contributed by atoms with Crippen LogP contribution in [0.1, 0.15) is 57.2 Å². The lowest BCUT2D eigenvalue weighted by Crippen LogP contribution is -2.52. The van der Waals surface area contributed by atoms with Crippen molar-refractivity contribution in [2.75, 3.05) is 10.8 Å². The Hall–Kier alpha value is -3.07. The van der Waals surface area contributed by atoms with Crippen molar-refractivity contribution in [1.82, 2.24) is 10.2 Å². The minimum Gasteiger partial charge on any atom is -0.352 e. The Morgan fingerprint density at radius 3 is 1.93 bits per heavy atom. The van der Waals surface area contributed by atoms with Gasteiger partial charge in [0.2, 0.25) is 11.8 Å². The lowest BCUT2D eigenvalue weighted by Gasteiger charge is -2.32. The summed E-state index contributed by atoms with van der Waals surface area (Å²) >= 11 is 12.8. The highest BCUT2D eigenvalue weighted by Gasteiger charge is 2.33. The van der Waals surface area contributed by atoms with Crippen molar-refractivity contribution in [3.05, 3.63) is 93.5 Å². The first kappa shape index (κ1) is 32.4. The third-order valence-electron chi connectivity index (χ3n) is 6.72. The van der Waals surface area contributed by atoms with Crippen LogP contribution in [0.3, 0.4) is 0 Å². The third kappa shape index (κ3) is 8.03. The van der Waals surface area contributed by atoms with Crippen LogP contribution >= 0.6 is 23.2 Å². The summed E-state index contributed by atoms with van der Waals surface area (Å²) < 4.78 is 29.0. The van der Waals surface area contributed by atoms with Gasteiger partial charge in [-0.05, 0) is 75.6 Å². The van der Waals surface area contributed by atoms with E-state index in [9.17, 15) is 18.0 Å². The minimum absolute atomic E-state index is 0.0510. The van der Waals surface area contributed by atoms with Gasteiger partial charge >= 0.3 is 0 Å². The topological polar surface area (TPSA) is 86.8 Å². The van der Waals surface area contributed by atoms with Gasteiger partial charge in [-0.2, -0.15) is 0 Å². The van der Waals surface area contributed by atoms with Gasteiger partial charge in [0.05, 0.1) is 10.6 Å². The molecule has 3 aromatic rings. The van der Waals surface area contributed by atoms with Crippen LogP contribution in [-0.2, 0) is 26.2 Å². The summed E-state index contributed by atoms with van der Waals surface area (Å²) in [5, 5.41) is 3.49. The molecule has 3 aromatic carbocycles. The van der Waals surface area contributed by atoms with E-state index in [0.29, 0.717) is 21.3 Å². The Balaban J connectivity index is 2.08. The van der Waals surface area contributed by atoms with Crippen LogP contribution in [0.15, 0.2) is 71.6 Å². The van der Waals surface area contributed by atoms with Crippen LogP contribution in [-0.4, -0.2) is 43.8 Å². The molecule has 0 aliphatic rings. The molecule has 0 saturated carbocycles. The van der Waals surface area contributed by atoms with E-state index in [1.165, 1.54) is 17.0 Å². The fourth-order valence-electron chi connectivity index (χ4n) is 4.23. The minimum atomic E-state index is -4.15. The van der Waals surface area contributed by atoms with Crippen LogP contribution in [0.25, 0.3) is 0 Å². The molecular weight excluding hydrogens is 581 g/mol. The van der Waals surface area contributed by atoms with Gasteiger partial charge in [0.1, 0.15) is 12.6 Å². The quantitative estimate of drug-likeness (QED) is 0.264. The Labute approximate surface area is 253 Å². The zero-order valence-electron chi connectivity index (χ0n) is 24.2. The zero-order chi connectivity index (χ0) is 30.5. The van der Waals surface area contributed by atoms with E-state index in [1.54, 1.807) is 49.4 Å². The van der Waals surface area contributed by atoms with Crippen molar-refractivity contribution in [1.29, 1.82) is 0 Å². The number of halogens is 2. The highest BCUT2D eigenvalue weighted by atomic mass is 35.5. The third-order valence-corrected chi connectivity index (χ3v) is 9.22. The maximum absolute atomic E-state index is 14.0. The number of amides is 2. The Bertz CT molecular complexity index is 1450. The van der Waals surface area contributed by atoms with Crippen molar-refractivity contribution in [3.8, 4) is 0 Å². The Morgan fingerprint density at radius 1 is 0.854 bits per heavy atom. The van der Waals surface area contributed by atoms with E-state index < -0.39 is 28.5 Å². The molecule has 10 heteroatoms. The number of sulfonamides is 1. The maximum atomic E-state index is 14.0. The number of rotatable bonds is 11. The van der Waals surface area contributed by atoms with Gasteiger partial charge in [0.25, 0.3) is 10.0 Å². The van der Waals surface area contributed by atoms with Crippen molar-refractivity contribution in [2.45, 2.75) is 71.0 Å². The standard InChI is InChI=1S/C31H37Cl2N3O4S/c1-20(2)24-12-14-25(15-13-24)36(41(39,40)26-16-10-22(5)11-17-26)19-30(37)35(23(6)31(38)34-21(3)4)18-27-28(32)8-7-9-29(27)33/h7-17,20-21,23H,18-19H2,1-6H3,(H,34,38)/t23-/m0/s1. The van der Waals surface area contributed by atoms with Crippen LogP contribution < -0.4 is 9.62 Å². The van der Waals surface area contributed by atoms with Crippen molar-refractivity contribution >= 4 is 50.7 Å². The molecule has 0 aromatic heterocycles. The summed E-state index contributed by atoms with van der Waals surface area (Å²) in [4.78, 5) is 28.5. The second-order valence-electron chi connectivity index (χ2n) is 10.6. The molecular formula is C31H37Cl2N3O4S. The number of hydrogen-bond donors (Lipinski definition) is 1. The number of carbonyl (C=O) groups is 2. The summed E-state index contributed by atoms with van der Waals surface area (Å²) in [5.41, 5.74) is 2.73. The summed E-state index contributed by atoms with van der Waals surface area (Å²) in [7, 11) is -4.15. The molecule has 3 rings (SSSR count). The lowest BCUT2D eigenvalue weighted by atomic mass is 10.0. The predicted molar refractivity (Wildman–Crippen MR) is 166 cm³/mol. The first-order valence-corrected chi connectivity index (χ1v) is 15.6. The number of nitrogens with zero attached hydrogens (tertiary/aromatic N) is 2. The SMILES string of the molecule is Cc1ccc(S(=O)(=O)N(CC(=O)N(Cc2c(Cl)cccc2Cl)[C@@H](C)C(=O)NC(C)C)c2ccc(C(C)C)cc2)cc1. The smallest absolute Gasteiger partial charge is 0.264 e. The highest BCUT2D eigenvalue weighted by Crippen LogP contribution is 2.29. The molecule has 2 amide bonds. The molecule has 220 valence electrons. The van der Waals surface area contributed by atoms with Gasteiger partial charge < -0.3 is 10.2 Å². The van der Waals surface area contributed by atoms with E-state index in [1.807, 2.05) is 46.8 Å². The van der Waals surface area contributed by atoms with E-state index in [-0.39, 0.29) is 29.3 Å². The van der Waals surface area contributed by atoms with Crippen molar-refractivity contribution in [3.63, 3.8) is 0 Å². The number of nitrogens with one attached hydrogen (secondary N) is 1. The van der Waals surface area contributed by atoms with Gasteiger partial charge in [-0.1, -0.05) is 72.9 Å². The number of anilines is 1. The molecule has 41 heavy (non-hydrogen) atoms. The zero-order valence-corrected chi connectivity index (χ0v) is 26.5. The Kier molecular flexibility index (Phi) is 10.9. The van der Waals surface area contributed by atoms with Gasteiger partial charge in [0.15, 0.2) is 0 Å². The molecule has 0 aliphatic carbocycles. The van der Waals surface area contributed by atoms with Crippen molar-refractivity contribution in [2.24, 2.45) is 0 Å². The average Bonchev–Trinajstić information content (AvgIpc) is 2.91. The summed E-state index contributed by atoms with van der Waals surface area (Å²) in [5.74, 6) is -0.731. The second-order valence-corrected chi connectivity index (χ2v) is 13.3. The predicted octanol–water partition coefficient (Wildman–Crippen LogP) is 6.56. The summed E-state index contributed by atoms with van der Waals surface area (Å²) in [6, 6.07) is 17.4. The average molecular weight is 619 g/mol. The molecule has 1 atom stereocenters. The molecule has 0 aliphatic heterocycles. The molecule has 1 N–H and O–H groups in total. The molecule has 0 saturated heterocycles. The van der Waals surface area contributed by atoms with Crippen LogP contribution in [0.5, 0.6) is 0 Å². The largest absolute Gasteiger partial charge is 0.352 e. The van der Waals surface area contributed by atoms with E-state index >= 15 is 0 Å².